The van der Waals surface area contributed by atoms with Crippen LogP contribution in [0, 0.1) is 13.8 Å². The summed E-state index contributed by atoms with van der Waals surface area (Å²) in [6, 6.07) is 11.5. The number of benzene rings is 2. The van der Waals surface area contributed by atoms with E-state index in [1.165, 1.54) is 11.3 Å². The number of methoxy groups -OCH3 is 1. The highest BCUT2D eigenvalue weighted by atomic mass is 32.1. The number of hydrogen-bond donors (Lipinski definition) is 1. The van der Waals surface area contributed by atoms with E-state index in [1.54, 1.807) is 7.11 Å². The number of hydrogen-bond acceptors (Lipinski definition) is 7. The first-order chi connectivity index (χ1) is 14.0. The first-order valence-corrected chi connectivity index (χ1v) is 9.99. The Morgan fingerprint density at radius 3 is 2.59 bits per heavy atom. The Morgan fingerprint density at radius 2 is 1.86 bits per heavy atom. The monoisotopic (exact) mass is 408 g/mol. The lowest BCUT2D eigenvalue weighted by atomic mass is 10.1. The van der Waals surface area contributed by atoms with Crippen molar-refractivity contribution in [3.8, 4) is 17.1 Å². The average Bonchev–Trinajstić information content (AvgIpc) is 3.37. The molecule has 1 amide bonds. The average molecular weight is 408 g/mol. The maximum atomic E-state index is 12.3. The number of thiazole rings is 1. The van der Waals surface area contributed by atoms with Crippen LogP contribution in [0.4, 0.5) is 5.13 Å². The zero-order valence-electron chi connectivity index (χ0n) is 16.4. The summed E-state index contributed by atoms with van der Waals surface area (Å²) in [7, 11) is 1.61. The highest BCUT2D eigenvalue weighted by molar-refractivity contribution is 7.22. The Bertz CT molecular complexity index is 1130. The molecule has 148 valence electrons. The third kappa shape index (κ3) is 4.12. The smallest absolute Gasteiger partial charge is 0.227 e. The summed E-state index contributed by atoms with van der Waals surface area (Å²) in [5, 5.41) is 7.46. The third-order valence-electron chi connectivity index (χ3n) is 4.57. The van der Waals surface area contributed by atoms with Gasteiger partial charge in [-0.15, -0.1) is 0 Å². The Morgan fingerprint density at radius 1 is 1.10 bits per heavy atom. The molecule has 2 heterocycles. The zero-order chi connectivity index (χ0) is 20.4. The number of ether oxygens (including phenoxy) is 1. The number of nitrogens with zero attached hydrogens (tertiary/aromatic N) is 3. The predicted molar refractivity (Wildman–Crippen MR) is 112 cm³/mol. The summed E-state index contributed by atoms with van der Waals surface area (Å²) in [5.41, 5.74) is 4.01. The molecule has 0 aliphatic heterocycles. The van der Waals surface area contributed by atoms with Crippen molar-refractivity contribution in [3.63, 3.8) is 0 Å². The molecule has 0 aliphatic rings. The third-order valence-corrected chi connectivity index (χ3v) is 5.68. The van der Waals surface area contributed by atoms with Gasteiger partial charge in [-0.05, 0) is 49.2 Å². The maximum Gasteiger partial charge on any atom is 0.227 e. The second-order valence-electron chi connectivity index (χ2n) is 6.68. The second-order valence-corrected chi connectivity index (χ2v) is 7.68. The van der Waals surface area contributed by atoms with Crippen LogP contribution < -0.4 is 10.1 Å². The molecule has 0 saturated heterocycles. The molecule has 0 bridgehead atoms. The standard InChI is InChI=1S/C21H20N4O3S/c1-12-4-5-13(2)19-18(12)24-21(29-19)22-16(26)10-11-17-23-20(25-28-17)14-6-8-15(27-3)9-7-14/h4-9H,10-11H2,1-3H3,(H,22,24,26). The van der Waals surface area contributed by atoms with Crippen molar-refractivity contribution >= 4 is 32.6 Å². The molecule has 1 N–H and O–H groups in total. The predicted octanol–water partition coefficient (Wildman–Crippen LogP) is 4.54. The quantitative estimate of drug-likeness (QED) is 0.504. The summed E-state index contributed by atoms with van der Waals surface area (Å²) in [6.07, 6.45) is 0.593. The highest BCUT2D eigenvalue weighted by Gasteiger charge is 2.14. The van der Waals surface area contributed by atoms with Crippen molar-refractivity contribution in [3.05, 3.63) is 53.4 Å². The van der Waals surface area contributed by atoms with Gasteiger partial charge in [-0.2, -0.15) is 4.98 Å². The molecule has 0 radical (unpaired) electrons. The molecule has 2 aromatic carbocycles. The minimum absolute atomic E-state index is 0.136. The van der Waals surface area contributed by atoms with Crippen LogP contribution in [-0.4, -0.2) is 28.1 Å². The minimum Gasteiger partial charge on any atom is -0.497 e. The summed E-state index contributed by atoms with van der Waals surface area (Å²) in [5.74, 6) is 1.53. The molecule has 4 rings (SSSR count). The Kier molecular flexibility index (Phi) is 5.26. The number of anilines is 1. The van der Waals surface area contributed by atoms with Gasteiger partial charge in [0.2, 0.25) is 17.6 Å². The molecule has 0 fully saturated rings. The summed E-state index contributed by atoms with van der Waals surface area (Å²) >= 11 is 1.49. The van der Waals surface area contributed by atoms with Crippen molar-refractivity contribution in [2.45, 2.75) is 26.7 Å². The van der Waals surface area contributed by atoms with E-state index in [1.807, 2.05) is 44.2 Å². The van der Waals surface area contributed by atoms with Crippen LogP contribution in [0.1, 0.15) is 23.4 Å². The first-order valence-electron chi connectivity index (χ1n) is 9.17. The van der Waals surface area contributed by atoms with Crippen LogP contribution in [0.15, 0.2) is 40.9 Å². The van der Waals surface area contributed by atoms with E-state index < -0.39 is 0 Å². The van der Waals surface area contributed by atoms with Crippen LogP contribution in [-0.2, 0) is 11.2 Å². The molecule has 0 spiro atoms. The number of nitrogens with one attached hydrogen (secondary N) is 1. The number of aromatic nitrogens is 3. The number of carbonyl (C=O) groups is 1. The van der Waals surface area contributed by atoms with E-state index in [2.05, 4.69) is 26.5 Å². The Labute approximate surface area is 171 Å². The van der Waals surface area contributed by atoms with E-state index in [-0.39, 0.29) is 12.3 Å². The molecule has 0 aliphatic carbocycles. The lowest BCUT2D eigenvalue weighted by Gasteiger charge is -1.99. The fourth-order valence-corrected chi connectivity index (χ4v) is 3.96. The van der Waals surface area contributed by atoms with Gasteiger partial charge in [0.25, 0.3) is 0 Å². The molecular weight excluding hydrogens is 388 g/mol. The van der Waals surface area contributed by atoms with E-state index in [9.17, 15) is 4.79 Å². The summed E-state index contributed by atoms with van der Waals surface area (Å²) < 4.78 is 11.5. The van der Waals surface area contributed by atoms with Crippen LogP contribution in [0.3, 0.4) is 0 Å². The van der Waals surface area contributed by atoms with Gasteiger partial charge in [0.05, 0.1) is 17.3 Å². The molecule has 4 aromatic rings. The van der Waals surface area contributed by atoms with Crippen molar-refractivity contribution in [2.75, 3.05) is 12.4 Å². The molecule has 2 aromatic heterocycles. The fraction of sp³-hybridized carbons (Fsp3) is 0.238. The molecule has 29 heavy (non-hydrogen) atoms. The van der Waals surface area contributed by atoms with Gasteiger partial charge in [0.1, 0.15) is 5.75 Å². The second kappa shape index (κ2) is 8.00. The number of rotatable bonds is 6. The van der Waals surface area contributed by atoms with Gasteiger partial charge in [-0.25, -0.2) is 4.98 Å². The topological polar surface area (TPSA) is 90.1 Å². The minimum atomic E-state index is -0.136. The van der Waals surface area contributed by atoms with Crippen LogP contribution in [0.2, 0.25) is 0 Å². The lowest BCUT2D eigenvalue weighted by molar-refractivity contribution is -0.116. The van der Waals surface area contributed by atoms with Gasteiger partial charge in [0, 0.05) is 18.4 Å². The van der Waals surface area contributed by atoms with Gasteiger partial charge in [-0.1, -0.05) is 28.6 Å². The van der Waals surface area contributed by atoms with Crippen molar-refractivity contribution in [1.29, 1.82) is 0 Å². The van der Waals surface area contributed by atoms with Crippen molar-refractivity contribution < 1.29 is 14.1 Å². The Hall–Kier alpha value is -3.26. The SMILES string of the molecule is COc1ccc(-c2noc(CCC(=O)Nc3nc4c(C)ccc(C)c4s3)n2)cc1. The van der Waals surface area contributed by atoms with Crippen LogP contribution >= 0.6 is 11.3 Å². The fourth-order valence-electron chi connectivity index (χ4n) is 2.93. The molecule has 0 saturated carbocycles. The zero-order valence-corrected chi connectivity index (χ0v) is 17.2. The van der Waals surface area contributed by atoms with E-state index in [0.717, 1.165) is 32.7 Å². The van der Waals surface area contributed by atoms with Gasteiger partial charge < -0.3 is 14.6 Å². The maximum absolute atomic E-state index is 12.3. The number of aryl methyl sites for hydroxylation is 3. The number of fused-ring (bicyclic) bond motifs is 1. The van der Waals surface area contributed by atoms with E-state index in [4.69, 9.17) is 9.26 Å². The molecule has 0 unspecified atom stereocenters. The van der Waals surface area contributed by atoms with Crippen LogP contribution in [0.5, 0.6) is 5.75 Å². The van der Waals surface area contributed by atoms with Gasteiger partial charge in [-0.3, -0.25) is 4.79 Å². The van der Waals surface area contributed by atoms with Crippen molar-refractivity contribution in [2.24, 2.45) is 0 Å². The van der Waals surface area contributed by atoms with E-state index in [0.29, 0.717) is 23.3 Å². The summed E-state index contributed by atoms with van der Waals surface area (Å²) in [4.78, 5) is 21.2. The first kappa shape index (κ1) is 19.1. The molecule has 8 heteroatoms. The summed E-state index contributed by atoms with van der Waals surface area (Å²) in [6.45, 7) is 4.06. The Balaban J connectivity index is 1.38. The van der Waals surface area contributed by atoms with Crippen molar-refractivity contribution in [1.82, 2.24) is 15.1 Å². The van der Waals surface area contributed by atoms with E-state index >= 15 is 0 Å². The molecule has 7 nitrogen and oxygen atoms in total. The molecular formula is C21H20N4O3S. The van der Waals surface area contributed by atoms with Gasteiger partial charge >= 0.3 is 0 Å². The number of carbonyl (C=O) groups excluding carboxylic acids is 1. The van der Waals surface area contributed by atoms with Crippen LogP contribution in [0.25, 0.3) is 21.6 Å². The lowest BCUT2D eigenvalue weighted by Crippen LogP contribution is -2.12. The molecule has 0 atom stereocenters. The highest BCUT2D eigenvalue weighted by Crippen LogP contribution is 2.31. The normalized spacial score (nSPS) is 11.0. The van der Waals surface area contributed by atoms with Gasteiger partial charge in [0.15, 0.2) is 5.13 Å². The largest absolute Gasteiger partial charge is 0.497 e. The number of amides is 1.